The molecule has 2 atom stereocenters. The van der Waals surface area contributed by atoms with Crippen molar-refractivity contribution >= 4 is 17.3 Å². The van der Waals surface area contributed by atoms with Gasteiger partial charge in [0.2, 0.25) is 0 Å². The lowest BCUT2D eigenvalue weighted by molar-refractivity contribution is 0.0883. The Labute approximate surface area is 170 Å². The summed E-state index contributed by atoms with van der Waals surface area (Å²) in [6.45, 7) is 3.06. The topological polar surface area (TPSA) is 86.5 Å². The van der Waals surface area contributed by atoms with Crippen LogP contribution in [0.1, 0.15) is 36.3 Å². The van der Waals surface area contributed by atoms with E-state index in [1.54, 1.807) is 0 Å². The molecule has 4 N–H and O–H groups in total. The van der Waals surface area contributed by atoms with Crippen molar-refractivity contribution in [2.45, 2.75) is 37.8 Å². The van der Waals surface area contributed by atoms with Crippen molar-refractivity contribution in [3.05, 3.63) is 53.7 Å². The number of fused-ring (bicyclic) bond motifs is 1. The highest BCUT2D eigenvalue weighted by Gasteiger charge is 2.28. The van der Waals surface area contributed by atoms with Gasteiger partial charge >= 0.3 is 0 Å². The maximum absolute atomic E-state index is 10.2. The number of nitrogens with zero attached hydrogens (tertiary/aromatic N) is 3. The van der Waals surface area contributed by atoms with E-state index in [2.05, 4.69) is 45.3 Å². The standard InChI is InChI=1S/C22H28N6O/c29-19-14-23-9-8-17(19)12-24-20-10-21(25-11-15-4-2-1-3-5-15)28-22(27-20)18(13-26-28)16-6-7-16/h1-5,10,13,16-17,19,23,25,29H,6-9,11-12,14H2,(H,24,27)/t17?,19-/m0/s1. The zero-order valence-electron chi connectivity index (χ0n) is 16.5. The van der Waals surface area contributed by atoms with Crippen molar-refractivity contribution in [2.24, 2.45) is 5.92 Å². The first-order chi connectivity index (χ1) is 14.3. The Morgan fingerprint density at radius 1 is 1.14 bits per heavy atom. The maximum Gasteiger partial charge on any atom is 0.163 e. The number of hydrogen-bond acceptors (Lipinski definition) is 6. The van der Waals surface area contributed by atoms with Crippen molar-refractivity contribution < 1.29 is 5.11 Å². The summed E-state index contributed by atoms with van der Waals surface area (Å²) in [6, 6.07) is 12.4. The summed E-state index contributed by atoms with van der Waals surface area (Å²) < 4.78 is 1.92. The Balaban J connectivity index is 1.39. The van der Waals surface area contributed by atoms with Crippen LogP contribution in [0.3, 0.4) is 0 Å². The molecule has 7 nitrogen and oxygen atoms in total. The van der Waals surface area contributed by atoms with Gasteiger partial charge in [-0.1, -0.05) is 30.3 Å². The van der Waals surface area contributed by atoms with Crippen molar-refractivity contribution in [3.63, 3.8) is 0 Å². The summed E-state index contributed by atoms with van der Waals surface area (Å²) in [7, 11) is 0. The van der Waals surface area contributed by atoms with Crippen molar-refractivity contribution in [2.75, 3.05) is 30.3 Å². The van der Waals surface area contributed by atoms with E-state index in [1.807, 2.05) is 22.8 Å². The quantitative estimate of drug-likeness (QED) is 0.495. The first-order valence-corrected chi connectivity index (χ1v) is 10.6. The molecule has 3 heterocycles. The van der Waals surface area contributed by atoms with Crippen LogP contribution in [0.4, 0.5) is 11.6 Å². The fourth-order valence-electron chi connectivity index (χ4n) is 4.04. The minimum Gasteiger partial charge on any atom is -0.391 e. The number of benzene rings is 1. The first kappa shape index (κ1) is 18.4. The van der Waals surface area contributed by atoms with Crippen molar-refractivity contribution in [1.29, 1.82) is 0 Å². The number of aliphatic hydroxyl groups excluding tert-OH is 1. The molecule has 7 heteroatoms. The number of rotatable bonds is 7. The summed E-state index contributed by atoms with van der Waals surface area (Å²) in [5, 5.41) is 25.1. The second-order valence-electron chi connectivity index (χ2n) is 8.18. The molecule has 1 aliphatic carbocycles. The van der Waals surface area contributed by atoms with E-state index >= 15 is 0 Å². The molecule has 2 aliphatic rings. The highest BCUT2D eigenvalue weighted by molar-refractivity contribution is 5.61. The third kappa shape index (κ3) is 4.06. The van der Waals surface area contributed by atoms with Crippen LogP contribution in [-0.4, -0.2) is 45.4 Å². The van der Waals surface area contributed by atoms with Gasteiger partial charge in [0, 0.05) is 37.2 Å². The van der Waals surface area contributed by atoms with E-state index in [4.69, 9.17) is 4.98 Å². The number of anilines is 2. The fraction of sp³-hybridized carbons (Fsp3) is 0.455. The lowest BCUT2D eigenvalue weighted by Crippen LogP contribution is -2.43. The average molecular weight is 393 g/mol. The molecule has 0 radical (unpaired) electrons. The number of aliphatic hydroxyl groups is 1. The third-order valence-corrected chi connectivity index (χ3v) is 5.97. The molecule has 2 aromatic heterocycles. The molecule has 1 aromatic carbocycles. The molecule has 0 amide bonds. The van der Waals surface area contributed by atoms with Crippen LogP contribution in [0.15, 0.2) is 42.6 Å². The lowest BCUT2D eigenvalue weighted by atomic mass is 9.95. The van der Waals surface area contributed by atoms with E-state index in [-0.39, 0.29) is 12.0 Å². The van der Waals surface area contributed by atoms with Crippen molar-refractivity contribution in [3.8, 4) is 0 Å². The minimum absolute atomic E-state index is 0.239. The number of hydrogen-bond donors (Lipinski definition) is 4. The van der Waals surface area contributed by atoms with Gasteiger partial charge in [0.1, 0.15) is 11.6 Å². The van der Waals surface area contributed by atoms with Crippen LogP contribution in [-0.2, 0) is 6.54 Å². The molecule has 1 aliphatic heterocycles. The normalized spacial score (nSPS) is 22.0. The van der Waals surface area contributed by atoms with Gasteiger partial charge in [-0.2, -0.15) is 9.61 Å². The number of aromatic nitrogens is 3. The molecule has 3 aromatic rings. The number of piperidine rings is 1. The smallest absolute Gasteiger partial charge is 0.163 e. The highest BCUT2D eigenvalue weighted by Crippen LogP contribution is 2.42. The monoisotopic (exact) mass is 392 g/mol. The Morgan fingerprint density at radius 3 is 2.79 bits per heavy atom. The van der Waals surface area contributed by atoms with Gasteiger partial charge in [0.05, 0.1) is 12.3 Å². The molecule has 0 spiro atoms. The third-order valence-electron chi connectivity index (χ3n) is 5.97. The van der Waals surface area contributed by atoms with Gasteiger partial charge in [-0.3, -0.25) is 0 Å². The van der Waals surface area contributed by atoms with Gasteiger partial charge in [-0.05, 0) is 37.3 Å². The summed E-state index contributed by atoms with van der Waals surface area (Å²) in [5.74, 6) is 2.59. The summed E-state index contributed by atoms with van der Waals surface area (Å²) >= 11 is 0. The van der Waals surface area contributed by atoms with Gasteiger partial charge < -0.3 is 21.1 Å². The van der Waals surface area contributed by atoms with E-state index in [1.165, 1.54) is 24.0 Å². The van der Waals surface area contributed by atoms with Gasteiger partial charge in [0.15, 0.2) is 5.65 Å². The van der Waals surface area contributed by atoms with E-state index in [0.717, 1.165) is 43.3 Å². The molecule has 5 rings (SSSR count). The molecular weight excluding hydrogens is 364 g/mol. The molecular formula is C22H28N6O. The maximum atomic E-state index is 10.2. The predicted octanol–water partition coefficient (Wildman–Crippen LogP) is 2.60. The Kier molecular flexibility index (Phi) is 5.08. The average Bonchev–Trinajstić information content (AvgIpc) is 3.51. The first-order valence-electron chi connectivity index (χ1n) is 10.6. The zero-order chi connectivity index (χ0) is 19.6. The molecule has 2 fully saturated rings. The summed E-state index contributed by atoms with van der Waals surface area (Å²) in [5.41, 5.74) is 3.39. The Hall–Kier alpha value is -2.64. The van der Waals surface area contributed by atoms with Crippen LogP contribution in [0.5, 0.6) is 0 Å². The Bertz CT molecular complexity index is 968. The summed E-state index contributed by atoms with van der Waals surface area (Å²) in [6.07, 6.45) is 5.06. The molecule has 0 bridgehead atoms. The van der Waals surface area contributed by atoms with Crippen LogP contribution in [0, 0.1) is 5.92 Å². The molecule has 152 valence electrons. The van der Waals surface area contributed by atoms with E-state index in [9.17, 15) is 5.11 Å². The van der Waals surface area contributed by atoms with Gasteiger partial charge in [-0.15, -0.1) is 0 Å². The van der Waals surface area contributed by atoms with Crippen molar-refractivity contribution in [1.82, 2.24) is 19.9 Å². The fourth-order valence-corrected chi connectivity index (χ4v) is 4.04. The second-order valence-corrected chi connectivity index (χ2v) is 8.18. The summed E-state index contributed by atoms with van der Waals surface area (Å²) in [4.78, 5) is 4.87. The van der Waals surface area contributed by atoms with Crippen LogP contribution in [0.25, 0.3) is 5.65 Å². The largest absolute Gasteiger partial charge is 0.391 e. The minimum atomic E-state index is -0.312. The highest BCUT2D eigenvalue weighted by atomic mass is 16.3. The van der Waals surface area contributed by atoms with Gasteiger partial charge in [-0.25, -0.2) is 4.98 Å². The Morgan fingerprint density at radius 2 is 2.00 bits per heavy atom. The molecule has 1 unspecified atom stereocenters. The SMILES string of the molecule is O[C@H]1CNCCC1CNc1cc(NCc2ccccc2)n2ncc(C3CC3)c2n1. The van der Waals surface area contributed by atoms with E-state index < -0.39 is 0 Å². The molecule has 1 saturated heterocycles. The van der Waals surface area contributed by atoms with Crippen LogP contribution < -0.4 is 16.0 Å². The lowest BCUT2D eigenvalue weighted by Gasteiger charge is -2.28. The molecule has 1 saturated carbocycles. The van der Waals surface area contributed by atoms with Crippen LogP contribution in [0.2, 0.25) is 0 Å². The van der Waals surface area contributed by atoms with E-state index in [0.29, 0.717) is 12.5 Å². The number of nitrogens with one attached hydrogen (secondary N) is 3. The number of β-amino-alcohol motifs (C(OH)–C–C–N with tert-alkyl or cyclic N) is 1. The van der Waals surface area contributed by atoms with Crippen LogP contribution >= 0.6 is 0 Å². The molecule has 29 heavy (non-hydrogen) atoms. The van der Waals surface area contributed by atoms with Gasteiger partial charge in [0.25, 0.3) is 0 Å². The predicted molar refractivity (Wildman–Crippen MR) is 114 cm³/mol. The zero-order valence-corrected chi connectivity index (χ0v) is 16.5. The second kappa shape index (κ2) is 8.00.